The molecule has 0 aliphatic heterocycles. The summed E-state index contributed by atoms with van der Waals surface area (Å²) in [6.45, 7) is 2.05. The summed E-state index contributed by atoms with van der Waals surface area (Å²) in [4.78, 5) is 0. The van der Waals surface area contributed by atoms with Gasteiger partial charge < -0.3 is 15.3 Å². The largest absolute Gasteiger partial charge is 0.458 e. The number of hydrogen-bond donors (Lipinski definition) is 2. The molecule has 0 saturated heterocycles. The number of hydrogen-bond acceptors (Lipinski definition) is 3. The average molecular weight is 237 g/mol. The van der Waals surface area contributed by atoms with Gasteiger partial charge in [-0.3, -0.25) is 0 Å². The maximum absolute atomic E-state index is 13.0. The first-order chi connectivity index (χ1) is 8.09. The van der Waals surface area contributed by atoms with Crippen molar-refractivity contribution >= 4 is 11.0 Å². The van der Waals surface area contributed by atoms with Crippen LogP contribution in [0.5, 0.6) is 0 Å². The third-order valence-electron chi connectivity index (χ3n) is 2.94. The second-order valence-electron chi connectivity index (χ2n) is 4.28. The summed E-state index contributed by atoms with van der Waals surface area (Å²) in [6.07, 6.45) is 1.31. The molecule has 2 aromatic rings. The first-order valence-corrected chi connectivity index (χ1v) is 5.71. The molecular formula is C13H16FNO2. The molecular weight excluding hydrogens is 221 g/mol. The van der Waals surface area contributed by atoms with Gasteiger partial charge in [0, 0.05) is 11.9 Å². The third kappa shape index (κ3) is 2.18. The van der Waals surface area contributed by atoms with Crippen LogP contribution in [0.2, 0.25) is 0 Å². The third-order valence-corrected chi connectivity index (χ3v) is 2.94. The Labute approximate surface area is 99.0 Å². The molecule has 1 atom stereocenters. The molecule has 0 fully saturated rings. The second-order valence-corrected chi connectivity index (χ2v) is 4.28. The van der Waals surface area contributed by atoms with Crippen LogP contribution in [0.15, 0.2) is 28.7 Å². The molecule has 2 rings (SSSR count). The predicted octanol–water partition coefficient (Wildman–Crippen LogP) is 2.52. The van der Waals surface area contributed by atoms with Crippen LogP contribution in [-0.4, -0.2) is 11.7 Å². The zero-order valence-electron chi connectivity index (χ0n) is 9.74. The monoisotopic (exact) mass is 237 g/mol. The van der Waals surface area contributed by atoms with Crippen molar-refractivity contribution in [2.45, 2.75) is 25.4 Å². The van der Waals surface area contributed by atoms with Gasteiger partial charge >= 0.3 is 0 Å². The zero-order chi connectivity index (χ0) is 12.5. The van der Waals surface area contributed by atoms with Gasteiger partial charge in [0.05, 0.1) is 0 Å². The zero-order valence-corrected chi connectivity index (χ0v) is 9.74. The fourth-order valence-electron chi connectivity index (χ4n) is 1.98. The van der Waals surface area contributed by atoms with Crippen molar-refractivity contribution < 1.29 is 13.9 Å². The van der Waals surface area contributed by atoms with Gasteiger partial charge in [0.15, 0.2) is 0 Å². The lowest BCUT2D eigenvalue weighted by atomic mass is 9.95. The summed E-state index contributed by atoms with van der Waals surface area (Å²) < 4.78 is 18.6. The highest BCUT2D eigenvalue weighted by molar-refractivity contribution is 5.78. The molecule has 17 heavy (non-hydrogen) atoms. The van der Waals surface area contributed by atoms with E-state index in [9.17, 15) is 9.50 Å². The number of halogens is 1. The maximum Gasteiger partial charge on any atom is 0.138 e. The van der Waals surface area contributed by atoms with Gasteiger partial charge in [-0.15, -0.1) is 0 Å². The smallest absolute Gasteiger partial charge is 0.138 e. The van der Waals surface area contributed by atoms with E-state index in [0.29, 0.717) is 23.2 Å². The lowest BCUT2D eigenvalue weighted by Gasteiger charge is -2.23. The van der Waals surface area contributed by atoms with Crippen molar-refractivity contribution in [2.24, 2.45) is 5.73 Å². The predicted molar refractivity (Wildman–Crippen MR) is 64.0 cm³/mol. The highest BCUT2D eigenvalue weighted by Gasteiger charge is 2.30. The van der Waals surface area contributed by atoms with Crippen LogP contribution in [0.25, 0.3) is 11.0 Å². The molecule has 1 unspecified atom stereocenters. The summed E-state index contributed by atoms with van der Waals surface area (Å²) in [6, 6.07) is 5.92. The molecule has 0 saturated carbocycles. The first-order valence-electron chi connectivity index (χ1n) is 5.71. The molecule has 92 valence electrons. The van der Waals surface area contributed by atoms with Crippen LogP contribution in [0.3, 0.4) is 0 Å². The SMILES string of the molecule is CCCC(O)(CN)c1cc2cc(F)ccc2o1. The topological polar surface area (TPSA) is 59.4 Å². The molecule has 0 aliphatic carbocycles. The molecule has 1 heterocycles. The lowest BCUT2D eigenvalue weighted by molar-refractivity contribution is 0.0158. The second kappa shape index (κ2) is 4.47. The van der Waals surface area contributed by atoms with E-state index in [1.54, 1.807) is 12.1 Å². The normalized spacial score (nSPS) is 15.1. The average Bonchev–Trinajstić information content (AvgIpc) is 2.72. The summed E-state index contributed by atoms with van der Waals surface area (Å²) in [5.41, 5.74) is 4.99. The van der Waals surface area contributed by atoms with Crippen LogP contribution in [0, 0.1) is 5.82 Å². The summed E-state index contributed by atoms with van der Waals surface area (Å²) in [7, 11) is 0. The Morgan fingerprint density at radius 2 is 2.18 bits per heavy atom. The van der Waals surface area contributed by atoms with Gasteiger partial charge in [0.1, 0.15) is 22.8 Å². The highest BCUT2D eigenvalue weighted by Crippen LogP contribution is 2.31. The number of fused-ring (bicyclic) bond motifs is 1. The minimum atomic E-state index is -1.16. The molecule has 0 spiro atoms. The van der Waals surface area contributed by atoms with Crippen molar-refractivity contribution in [3.8, 4) is 0 Å². The Balaban J connectivity index is 2.48. The molecule has 0 radical (unpaired) electrons. The van der Waals surface area contributed by atoms with Gasteiger partial charge in [-0.05, 0) is 30.7 Å². The van der Waals surface area contributed by atoms with Gasteiger partial charge in [-0.2, -0.15) is 0 Å². The Bertz CT molecular complexity index is 523. The molecule has 0 amide bonds. The van der Waals surface area contributed by atoms with E-state index in [2.05, 4.69) is 0 Å². The maximum atomic E-state index is 13.0. The van der Waals surface area contributed by atoms with Crippen LogP contribution < -0.4 is 5.73 Å². The molecule has 1 aromatic heterocycles. The summed E-state index contributed by atoms with van der Waals surface area (Å²) in [5.74, 6) is 0.0825. The molecule has 4 heteroatoms. The Morgan fingerprint density at radius 3 is 2.82 bits per heavy atom. The summed E-state index contributed by atoms with van der Waals surface area (Å²) >= 11 is 0. The van der Waals surface area contributed by atoms with E-state index >= 15 is 0 Å². The lowest BCUT2D eigenvalue weighted by Crippen LogP contribution is -2.34. The van der Waals surface area contributed by atoms with E-state index in [1.165, 1.54) is 12.1 Å². The van der Waals surface area contributed by atoms with Crippen molar-refractivity contribution in [2.75, 3.05) is 6.54 Å². The van der Waals surface area contributed by atoms with Crippen molar-refractivity contribution in [3.05, 3.63) is 35.8 Å². The van der Waals surface area contributed by atoms with E-state index in [0.717, 1.165) is 6.42 Å². The van der Waals surface area contributed by atoms with Crippen LogP contribution in [0.1, 0.15) is 25.5 Å². The van der Waals surface area contributed by atoms with E-state index in [-0.39, 0.29) is 12.4 Å². The quantitative estimate of drug-likeness (QED) is 0.859. The van der Waals surface area contributed by atoms with Gasteiger partial charge in [-0.25, -0.2) is 4.39 Å². The number of aliphatic hydroxyl groups is 1. The number of nitrogens with two attached hydrogens (primary N) is 1. The molecule has 0 aliphatic rings. The van der Waals surface area contributed by atoms with Crippen molar-refractivity contribution in [1.82, 2.24) is 0 Å². The van der Waals surface area contributed by atoms with Gasteiger partial charge in [0.25, 0.3) is 0 Å². The van der Waals surface area contributed by atoms with Crippen molar-refractivity contribution in [1.29, 1.82) is 0 Å². The van der Waals surface area contributed by atoms with Crippen LogP contribution in [0.4, 0.5) is 4.39 Å². The standard InChI is InChI=1S/C13H16FNO2/c1-2-5-13(16,8-15)12-7-9-6-10(14)3-4-11(9)17-12/h3-4,6-7,16H,2,5,8,15H2,1H3. The van der Waals surface area contributed by atoms with Gasteiger partial charge in [0.2, 0.25) is 0 Å². The van der Waals surface area contributed by atoms with E-state index in [1.807, 2.05) is 6.92 Å². The first kappa shape index (κ1) is 12.1. The Morgan fingerprint density at radius 1 is 1.41 bits per heavy atom. The molecule has 0 bridgehead atoms. The minimum absolute atomic E-state index is 0.0865. The van der Waals surface area contributed by atoms with Crippen LogP contribution >= 0.6 is 0 Å². The van der Waals surface area contributed by atoms with E-state index in [4.69, 9.17) is 10.2 Å². The molecule has 3 N–H and O–H groups in total. The Hall–Kier alpha value is -1.39. The molecule has 1 aromatic carbocycles. The Kier molecular flexibility index (Phi) is 3.17. The fraction of sp³-hybridized carbons (Fsp3) is 0.385. The number of benzene rings is 1. The summed E-state index contributed by atoms with van der Waals surface area (Å²) in [5, 5.41) is 11.0. The highest BCUT2D eigenvalue weighted by atomic mass is 19.1. The number of furan rings is 1. The van der Waals surface area contributed by atoms with Gasteiger partial charge in [-0.1, -0.05) is 13.3 Å². The fourth-order valence-corrected chi connectivity index (χ4v) is 1.98. The van der Waals surface area contributed by atoms with Crippen LogP contribution in [-0.2, 0) is 5.60 Å². The van der Waals surface area contributed by atoms with Crippen molar-refractivity contribution in [3.63, 3.8) is 0 Å². The van der Waals surface area contributed by atoms with E-state index < -0.39 is 5.60 Å². The minimum Gasteiger partial charge on any atom is -0.458 e. The molecule has 3 nitrogen and oxygen atoms in total. The number of rotatable bonds is 4.